The van der Waals surface area contributed by atoms with Crippen molar-refractivity contribution in [1.29, 1.82) is 0 Å². The predicted octanol–water partition coefficient (Wildman–Crippen LogP) is 4.32. The van der Waals surface area contributed by atoms with Crippen LogP contribution in [0, 0.1) is 34.5 Å². The lowest BCUT2D eigenvalue weighted by atomic mass is 9.43. The summed E-state index contributed by atoms with van der Waals surface area (Å²) in [4.78, 5) is 36.3. The van der Waals surface area contributed by atoms with E-state index >= 15 is 8.78 Å². The van der Waals surface area contributed by atoms with Gasteiger partial charge in [-0.25, -0.2) is 8.78 Å². The first kappa shape index (κ1) is 21.7. The van der Waals surface area contributed by atoms with E-state index in [1.165, 1.54) is 13.8 Å². The van der Waals surface area contributed by atoms with Crippen LogP contribution in [0.25, 0.3) is 0 Å². The molecule has 0 heterocycles. The number of carbonyl (C=O) groups is 3. The highest BCUT2D eigenvalue weighted by atomic mass is 19.3. The molecule has 7 heteroatoms. The average Bonchev–Trinajstić information content (AvgIpc) is 2.90. The quantitative estimate of drug-likeness (QED) is 0.615. The first-order valence-corrected chi connectivity index (χ1v) is 11.2. The highest BCUT2D eigenvalue weighted by Gasteiger charge is 2.72. The minimum atomic E-state index is -3.01. The molecule has 0 N–H and O–H groups in total. The molecule has 4 fully saturated rings. The summed E-state index contributed by atoms with van der Waals surface area (Å²) in [5.41, 5.74) is -1.42. The van der Waals surface area contributed by atoms with Gasteiger partial charge in [0.25, 0.3) is 5.92 Å². The number of fused-ring (bicyclic) bond motifs is 5. The van der Waals surface area contributed by atoms with Crippen LogP contribution in [0.5, 0.6) is 0 Å². The van der Waals surface area contributed by atoms with E-state index in [9.17, 15) is 14.4 Å². The molecule has 8 atom stereocenters. The lowest BCUT2D eigenvalue weighted by molar-refractivity contribution is -0.271. The van der Waals surface area contributed by atoms with Crippen molar-refractivity contribution in [1.82, 2.24) is 0 Å². The lowest BCUT2D eigenvalue weighted by Gasteiger charge is -2.63. The first-order chi connectivity index (χ1) is 13.9. The molecule has 30 heavy (non-hydrogen) atoms. The Morgan fingerprint density at radius 1 is 0.933 bits per heavy atom. The van der Waals surface area contributed by atoms with Gasteiger partial charge in [0.1, 0.15) is 18.0 Å². The van der Waals surface area contributed by atoms with Crippen LogP contribution in [-0.2, 0) is 23.9 Å². The summed E-state index contributed by atoms with van der Waals surface area (Å²) in [5.74, 6) is -6.44. The number of esters is 2. The maximum atomic E-state index is 15.8. The Kier molecular flexibility index (Phi) is 5.06. The SMILES string of the molecule is CC(=O)O[C@@H]1C[C@]2(C)C(=O)CC[C@H]2[C@H]2[C@H]1[C@@]1(C)CCC[C@@H](OC(C)=O)[C@@H]1CC2(F)F. The summed E-state index contributed by atoms with van der Waals surface area (Å²) in [6.45, 7) is 6.40. The van der Waals surface area contributed by atoms with Crippen LogP contribution in [0.4, 0.5) is 8.78 Å². The average molecular weight is 427 g/mol. The van der Waals surface area contributed by atoms with Crippen molar-refractivity contribution < 1.29 is 32.6 Å². The Morgan fingerprint density at radius 2 is 1.57 bits per heavy atom. The van der Waals surface area contributed by atoms with Crippen molar-refractivity contribution in [2.75, 3.05) is 0 Å². The first-order valence-electron chi connectivity index (χ1n) is 11.2. The maximum absolute atomic E-state index is 15.8. The Balaban J connectivity index is 1.81. The van der Waals surface area contributed by atoms with Gasteiger partial charge < -0.3 is 9.47 Å². The topological polar surface area (TPSA) is 69.7 Å². The summed E-state index contributed by atoms with van der Waals surface area (Å²) < 4.78 is 42.9. The third kappa shape index (κ3) is 3.10. The van der Waals surface area contributed by atoms with Gasteiger partial charge >= 0.3 is 11.9 Å². The number of ether oxygens (including phenoxy) is 2. The van der Waals surface area contributed by atoms with Crippen LogP contribution in [0.1, 0.15) is 72.6 Å². The molecule has 0 aromatic rings. The van der Waals surface area contributed by atoms with Gasteiger partial charge in [-0.15, -0.1) is 0 Å². The molecule has 0 unspecified atom stereocenters. The molecule has 0 aliphatic heterocycles. The normalized spacial score (nSPS) is 46.9. The molecule has 0 spiro atoms. The number of ketones is 1. The zero-order chi connectivity index (χ0) is 22.1. The van der Waals surface area contributed by atoms with Crippen molar-refractivity contribution >= 4 is 17.7 Å². The number of halogens is 2. The number of rotatable bonds is 2. The molecule has 0 aromatic carbocycles. The Hall–Kier alpha value is -1.53. The number of carbonyl (C=O) groups excluding carboxylic acids is 3. The second kappa shape index (κ2) is 6.99. The fourth-order valence-corrected chi connectivity index (χ4v) is 7.74. The highest BCUT2D eigenvalue weighted by molar-refractivity contribution is 5.87. The molecule has 0 amide bonds. The molecule has 4 aliphatic carbocycles. The molecule has 4 saturated carbocycles. The second-order valence-corrected chi connectivity index (χ2v) is 10.5. The zero-order valence-electron chi connectivity index (χ0n) is 18.2. The smallest absolute Gasteiger partial charge is 0.302 e. The van der Waals surface area contributed by atoms with E-state index < -0.39 is 64.6 Å². The molecule has 168 valence electrons. The van der Waals surface area contributed by atoms with E-state index in [2.05, 4.69) is 0 Å². The Labute approximate surface area is 176 Å². The maximum Gasteiger partial charge on any atom is 0.302 e. The standard InChI is InChI=1S/C23H32F2O5/c1-12(26)29-16-6-5-9-21(3)15(16)10-23(24,25)19-14-7-8-18(28)22(14,4)11-17(20(19)21)30-13(2)27/h14-17,19-20H,5-11H2,1-4H3/t14-,15-,16+,17+,19-,20-,21-,22-/m0/s1. The number of alkyl halides is 2. The van der Waals surface area contributed by atoms with E-state index in [0.717, 1.165) is 12.8 Å². The minimum absolute atomic E-state index is 0.00705. The Bertz CT molecular complexity index is 767. The zero-order valence-corrected chi connectivity index (χ0v) is 18.2. The molecule has 0 bridgehead atoms. The van der Waals surface area contributed by atoms with Gasteiger partial charge in [-0.05, 0) is 43.4 Å². The molecular weight excluding hydrogens is 394 g/mol. The predicted molar refractivity (Wildman–Crippen MR) is 104 cm³/mol. The van der Waals surface area contributed by atoms with E-state index in [0.29, 0.717) is 25.7 Å². The summed E-state index contributed by atoms with van der Waals surface area (Å²) in [6.07, 6.45) is 1.51. The van der Waals surface area contributed by atoms with Crippen LogP contribution in [0.15, 0.2) is 0 Å². The molecule has 4 rings (SSSR count). The van der Waals surface area contributed by atoms with Crippen molar-refractivity contribution in [2.24, 2.45) is 34.5 Å². The number of Topliss-reactive ketones (excluding diaryl/α,β-unsaturated/α-hetero) is 1. The number of hydrogen-bond donors (Lipinski definition) is 0. The largest absolute Gasteiger partial charge is 0.462 e. The third-order valence-electron chi connectivity index (χ3n) is 8.86. The van der Waals surface area contributed by atoms with Gasteiger partial charge in [0.2, 0.25) is 0 Å². The van der Waals surface area contributed by atoms with Gasteiger partial charge in [-0.2, -0.15) is 0 Å². The molecule has 4 aliphatic rings. The van der Waals surface area contributed by atoms with Crippen molar-refractivity contribution in [2.45, 2.75) is 90.8 Å². The van der Waals surface area contributed by atoms with E-state index in [1.54, 1.807) is 6.92 Å². The van der Waals surface area contributed by atoms with Gasteiger partial charge in [0, 0.05) is 49.9 Å². The van der Waals surface area contributed by atoms with Crippen LogP contribution in [0.2, 0.25) is 0 Å². The van der Waals surface area contributed by atoms with E-state index in [1.807, 2.05) is 6.92 Å². The van der Waals surface area contributed by atoms with Gasteiger partial charge in [0.05, 0.1) is 0 Å². The van der Waals surface area contributed by atoms with Crippen LogP contribution >= 0.6 is 0 Å². The van der Waals surface area contributed by atoms with Gasteiger partial charge in [0.15, 0.2) is 0 Å². The molecule has 5 nitrogen and oxygen atoms in total. The summed E-state index contributed by atoms with van der Waals surface area (Å²) in [6, 6.07) is 0. The van der Waals surface area contributed by atoms with Crippen LogP contribution in [-0.4, -0.2) is 35.9 Å². The number of hydrogen-bond acceptors (Lipinski definition) is 5. The fourth-order valence-electron chi connectivity index (χ4n) is 7.74. The second-order valence-electron chi connectivity index (χ2n) is 10.5. The van der Waals surface area contributed by atoms with E-state index in [-0.39, 0.29) is 12.2 Å². The summed E-state index contributed by atoms with van der Waals surface area (Å²) in [5, 5.41) is 0. The molecule has 0 aromatic heterocycles. The highest BCUT2D eigenvalue weighted by Crippen LogP contribution is 2.69. The van der Waals surface area contributed by atoms with Gasteiger partial charge in [-0.3, -0.25) is 14.4 Å². The van der Waals surface area contributed by atoms with Crippen molar-refractivity contribution in [3.63, 3.8) is 0 Å². The molecule has 0 radical (unpaired) electrons. The van der Waals surface area contributed by atoms with Crippen molar-refractivity contribution in [3.05, 3.63) is 0 Å². The lowest BCUT2D eigenvalue weighted by Crippen LogP contribution is -2.66. The van der Waals surface area contributed by atoms with Gasteiger partial charge in [-0.1, -0.05) is 13.8 Å². The molecule has 0 saturated heterocycles. The fraction of sp³-hybridized carbons (Fsp3) is 0.870. The van der Waals surface area contributed by atoms with Crippen molar-refractivity contribution in [3.8, 4) is 0 Å². The monoisotopic (exact) mass is 426 g/mol. The third-order valence-corrected chi connectivity index (χ3v) is 8.86. The van der Waals surface area contributed by atoms with Crippen LogP contribution < -0.4 is 0 Å². The minimum Gasteiger partial charge on any atom is -0.462 e. The summed E-state index contributed by atoms with van der Waals surface area (Å²) >= 11 is 0. The van der Waals surface area contributed by atoms with Crippen LogP contribution in [0.3, 0.4) is 0 Å². The summed E-state index contributed by atoms with van der Waals surface area (Å²) in [7, 11) is 0. The molecular formula is C23H32F2O5. The van der Waals surface area contributed by atoms with E-state index in [4.69, 9.17) is 9.47 Å². The Morgan fingerprint density at radius 3 is 2.20 bits per heavy atom.